The van der Waals surface area contributed by atoms with Gasteiger partial charge in [0.25, 0.3) is 0 Å². The lowest BCUT2D eigenvalue weighted by atomic mass is 10.00. The van der Waals surface area contributed by atoms with Crippen molar-refractivity contribution in [1.82, 2.24) is 4.98 Å². The summed E-state index contributed by atoms with van der Waals surface area (Å²) in [7, 11) is -6.20. The van der Waals surface area contributed by atoms with Gasteiger partial charge in [0.05, 0.1) is 21.9 Å². The number of carbonyl (C=O) groups is 1. The topological polar surface area (TPSA) is 112 Å². The number of rotatable bonds is 11. The first kappa shape index (κ1) is 34.9. The summed E-state index contributed by atoms with van der Waals surface area (Å²) in [6, 6.07) is 14.5. The molecule has 8 nitrogen and oxygen atoms in total. The second-order valence-corrected chi connectivity index (χ2v) is 14.3. The summed E-state index contributed by atoms with van der Waals surface area (Å²) in [5.74, 6) is -1.69. The fourth-order valence-corrected chi connectivity index (χ4v) is 6.32. The van der Waals surface area contributed by atoms with E-state index in [1.807, 2.05) is 44.2 Å². The van der Waals surface area contributed by atoms with E-state index in [0.717, 1.165) is 28.0 Å². The zero-order valence-electron chi connectivity index (χ0n) is 26.1. The lowest BCUT2D eigenvalue weighted by Crippen LogP contribution is -2.31. The minimum atomic E-state index is -6.20. The van der Waals surface area contributed by atoms with E-state index in [1.165, 1.54) is 13.0 Å². The number of halogens is 3. The third-order valence-electron chi connectivity index (χ3n) is 6.70. The summed E-state index contributed by atoms with van der Waals surface area (Å²) < 4.78 is 81.7. The molecule has 0 fully saturated rings. The number of carboxylic acids is 1. The Morgan fingerprint density at radius 3 is 2.37 bits per heavy atom. The molecular formula is C33H34F3NO7S2. The quantitative estimate of drug-likeness (QED) is 0.0953. The summed E-state index contributed by atoms with van der Waals surface area (Å²) in [6.07, 6.45) is 0.427. The third kappa shape index (κ3) is 7.71. The molecular weight excluding hydrogens is 643 g/mol. The van der Waals surface area contributed by atoms with Gasteiger partial charge in [-0.15, -0.1) is 17.9 Å². The van der Waals surface area contributed by atoms with E-state index in [2.05, 4.69) is 11.6 Å². The van der Waals surface area contributed by atoms with Crippen LogP contribution in [-0.2, 0) is 19.6 Å². The number of ether oxygens (including phenoxy) is 2. The summed E-state index contributed by atoms with van der Waals surface area (Å²) >= 11 is 0.868. The van der Waals surface area contributed by atoms with Crippen molar-refractivity contribution >= 4 is 37.6 Å². The monoisotopic (exact) mass is 677 g/mol. The molecule has 0 amide bonds. The maximum atomic E-state index is 13.6. The van der Waals surface area contributed by atoms with Crippen LogP contribution in [0.15, 0.2) is 61.2 Å². The van der Waals surface area contributed by atoms with Crippen molar-refractivity contribution in [2.24, 2.45) is 0 Å². The minimum Gasteiger partial charge on any atom is -0.490 e. The second-order valence-electron chi connectivity index (χ2n) is 11.8. The standard InChI is InChI=1S/C33H34F3NO7S2/c1-8-10-20(4)42-25-14-13-18(2)15-23(25)21-11-9-12-22(17-21)30-37-24-16-19(3)26(28(31(38)39)43-32(5,6)7)27(29(24)45-30)44-46(40,41)33(34,35)36/h8-9,11-17,20,28H,1,10H2,2-7H3,(H,38,39)/t20-,28?/m0/s1. The molecule has 1 unspecified atom stereocenters. The number of hydrogen-bond acceptors (Lipinski definition) is 8. The predicted octanol–water partition coefficient (Wildman–Crippen LogP) is 8.76. The molecule has 46 heavy (non-hydrogen) atoms. The van der Waals surface area contributed by atoms with Crippen molar-refractivity contribution in [3.8, 4) is 33.2 Å². The van der Waals surface area contributed by atoms with Crippen LogP contribution in [0, 0.1) is 13.8 Å². The van der Waals surface area contributed by atoms with Crippen molar-refractivity contribution in [3.05, 3.63) is 77.9 Å². The summed E-state index contributed by atoms with van der Waals surface area (Å²) in [6.45, 7) is 13.8. The molecule has 0 saturated carbocycles. The molecule has 4 aromatic rings. The Kier molecular flexibility index (Phi) is 9.91. The van der Waals surface area contributed by atoms with Gasteiger partial charge in [0, 0.05) is 23.1 Å². The smallest absolute Gasteiger partial charge is 0.490 e. The first-order chi connectivity index (χ1) is 21.3. The van der Waals surface area contributed by atoms with Gasteiger partial charge in [-0.05, 0) is 76.9 Å². The molecule has 0 saturated heterocycles. The number of thiazole rings is 1. The number of carboxylic acid groups (broad SMARTS) is 1. The highest BCUT2D eigenvalue weighted by Crippen LogP contribution is 2.46. The molecule has 2 atom stereocenters. The van der Waals surface area contributed by atoms with E-state index < -0.39 is 39.1 Å². The minimum absolute atomic E-state index is 0.0876. The molecule has 0 bridgehead atoms. The number of benzene rings is 3. The largest absolute Gasteiger partial charge is 0.534 e. The first-order valence-corrected chi connectivity index (χ1v) is 16.4. The lowest BCUT2D eigenvalue weighted by molar-refractivity contribution is -0.160. The molecule has 0 radical (unpaired) electrons. The Labute approximate surface area is 269 Å². The van der Waals surface area contributed by atoms with Crippen molar-refractivity contribution in [2.75, 3.05) is 0 Å². The highest BCUT2D eigenvalue weighted by molar-refractivity contribution is 7.88. The predicted molar refractivity (Wildman–Crippen MR) is 172 cm³/mol. The Morgan fingerprint density at radius 1 is 1.09 bits per heavy atom. The number of aryl methyl sites for hydroxylation is 2. The van der Waals surface area contributed by atoms with Gasteiger partial charge in [0.2, 0.25) is 0 Å². The van der Waals surface area contributed by atoms with Crippen LogP contribution in [0.2, 0.25) is 0 Å². The molecule has 0 aliphatic rings. The molecule has 4 rings (SSSR count). The zero-order chi connectivity index (χ0) is 34.2. The van der Waals surface area contributed by atoms with Crippen LogP contribution in [0.5, 0.6) is 11.5 Å². The van der Waals surface area contributed by atoms with Crippen molar-refractivity contribution in [3.63, 3.8) is 0 Å². The highest BCUT2D eigenvalue weighted by Gasteiger charge is 2.49. The van der Waals surface area contributed by atoms with E-state index >= 15 is 0 Å². The van der Waals surface area contributed by atoms with Crippen LogP contribution in [0.25, 0.3) is 31.9 Å². The van der Waals surface area contributed by atoms with Gasteiger partial charge >= 0.3 is 21.6 Å². The second kappa shape index (κ2) is 13.0. The van der Waals surface area contributed by atoms with E-state index in [0.29, 0.717) is 22.7 Å². The van der Waals surface area contributed by atoms with Gasteiger partial charge in [-0.25, -0.2) is 9.78 Å². The average molecular weight is 678 g/mol. The number of aromatic nitrogens is 1. The van der Waals surface area contributed by atoms with Gasteiger partial charge in [-0.1, -0.05) is 35.9 Å². The van der Waals surface area contributed by atoms with E-state index in [4.69, 9.17) is 13.7 Å². The fraction of sp³-hybridized carbons (Fsp3) is 0.333. The van der Waals surface area contributed by atoms with Crippen LogP contribution in [0.4, 0.5) is 13.2 Å². The Hall–Kier alpha value is -3.94. The van der Waals surface area contributed by atoms with E-state index in [-0.39, 0.29) is 27.4 Å². The lowest BCUT2D eigenvalue weighted by Gasteiger charge is -2.27. The molecule has 0 aliphatic heterocycles. The Balaban J connectivity index is 1.93. The number of aliphatic carboxylic acids is 1. The number of fused-ring (bicyclic) bond motifs is 1. The van der Waals surface area contributed by atoms with Gasteiger partial charge in [-0.3, -0.25) is 0 Å². The highest BCUT2D eigenvalue weighted by atomic mass is 32.2. The number of nitrogens with zero attached hydrogens (tertiary/aromatic N) is 1. The van der Waals surface area contributed by atoms with Crippen LogP contribution >= 0.6 is 11.3 Å². The molecule has 1 aromatic heterocycles. The van der Waals surface area contributed by atoms with Crippen LogP contribution in [0.1, 0.15) is 56.9 Å². The van der Waals surface area contributed by atoms with E-state index in [9.17, 15) is 31.5 Å². The molecule has 0 spiro atoms. The summed E-state index contributed by atoms with van der Waals surface area (Å²) in [4.78, 5) is 17.0. The molecule has 1 N–H and O–H groups in total. The average Bonchev–Trinajstić information content (AvgIpc) is 3.36. The molecule has 1 heterocycles. The Bertz CT molecular complexity index is 1890. The fourth-order valence-electron chi connectivity index (χ4n) is 4.74. The molecule has 246 valence electrons. The molecule has 0 aliphatic carbocycles. The van der Waals surface area contributed by atoms with Crippen LogP contribution < -0.4 is 8.92 Å². The number of hydrogen-bond donors (Lipinski definition) is 1. The van der Waals surface area contributed by atoms with Crippen molar-refractivity contribution in [2.45, 2.75) is 71.3 Å². The molecule has 3 aromatic carbocycles. The van der Waals surface area contributed by atoms with Gasteiger partial charge in [0.1, 0.15) is 10.8 Å². The van der Waals surface area contributed by atoms with Gasteiger partial charge < -0.3 is 18.8 Å². The normalized spacial score (nSPS) is 13.8. The van der Waals surface area contributed by atoms with Gasteiger partial charge in [0.15, 0.2) is 11.9 Å². The van der Waals surface area contributed by atoms with Crippen LogP contribution in [-0.4, -0.2) is 41.7 Å². The maximum absolute atomic E-state index is 13.6. The van der Waals surface area contributed by atoms with Crippen molar-refractivity contribution < 1.29 is 45.1 Å². The maximum Gasteiger partial charge on any atom is 0.534 e. The Morgan fingerprint density at radius 2 is 1.76 bits per heavy atom. The number of alkyl halides is 3. The van der Waals surface area contributed by atoms with Crippen LogP contribution in [0.3, 0.4) is 0 Å². The van der Waals surface area contributed by atoms with E-state index in [1.54, 1.807) is 39.0 Å². The van der Waals surface area contributed by atoms with Crippen molar-refractivity contribution in [1.29, 1.82) is 0 Å². The summed E-state index contributed by atoms with van der Waals surface area (Å²) in [5.41, 5.74) is -3.80. The first-order valence-electron chi connectivity index (χ1n) is 14.2. The van der Waals surface area contributed by atoms with Gasteiger partial charge in [-0.2, -0.15) is 21.6 Å². The molecule has 13 heteroatoms. The SMILES string of the molecule is C=CC[C@H](C)Oc1ccc(C)cc1-c1cccc(-c2nc3cc(C)c(C(OC(C)(C)C)C(=O)O)c(OS(=O)(=O)C(F)(F)F)c3s2)c1. The summed E-state index contributed by atoms with van der Waals surface area (Å²) in [5, 5.41) is 10.4. The third-order valence-corrected chi connectivity index (χ3v) is 8.77. The zero-order valence-corrected chi connectivity index (χ0v) is 27.7.